The van der Waals surface area contributed by atoms with Crippen LogP contribution < -0.4 is 5.73 Å². The fraction of sp³-hybridized carbons (Fsp3) is 0.182. The molecule has 2 rings (SSSR count). The molecule has 0 atom stereocenters. The van der Waals surface area contributed by atoms with Crippen LogP contribution >= 0.6 is 0 Å². The summed E-state index contributed by atoms with van der Waals surface area (Å²) in [4.78, 5) is 10.5. The van der Waals surface area contributed by atoms with Gasteiger partial charge in [-0.15, -0.1) is 0 Å². The molecule has 88 valence electrons. The van der Waals surface area contributed by atoms with Gasteiger partial charge in [-0.1, -0.05) is 19.1 Å². The molecule has 2 N–H and O–H groups in total. The van der Waals surface area contributed by atoms with Crippen molar-refractivity contribution < 1.29 is 4.92 Å². The molecule has 0 radical (unpaired) electrons. The maximum atomic E-state index is 10.9. The van der Waals surface area contributed by atoms with E-state index in [4.69, 9.17) is 5.73 Å². The number of anilines is 1. The maximum absolute atomic E-state index is 10.9. The van der Waals surface area contributed by atoms with Crippen LogP contribution in [0.4, 0.5) is 11.5 Å². The molecule has 0 amide bonds. The number of nitrogens with zero attached hydrogens (tertiary/aromatic N) is 3. The third-order valence-corrected chi connectivity index (χ3v) is 2.46. The van der Waals surface area contributed by atoms with Gasteiger partial charge in [-0.2, -0.15) is 5.10 Å². The summed E-state index contributed by atoms with van der Waals surface area (Å²) in [6.07, 6.45) is 0.734. The molecule has 17 heavy (non-hydrogen) atoms. The zero-order valence-corrected chi connectivity index (χ0v) is 9.33. The Morgan fingerprint density at radius 2 is 2.18 bits per heavy atom. The summed E-state index contributed by atoms with van der Waals surface area (Å²) in [5.41, 5.74) is 6.98. The molecule has 6 nitrogen and oxygen atoms in total. The van der Waals surface area contributed by atoms with Crippen LogP contribution in [0.1, 0.15) is 12.6 Å². The van der Waals surface area contributed by atoms with Crippen molar-refractivity contribution in [2.75, 3.05) is 5.73 Å². The second-order valence-electron chi connectivity index (χ2n) is 3.57. The van der Waals surface area contributed by atoms with Gasteiger partial charge in [0.2, 0.25) is 0 Å². The Kier molecular flexibility index (Phi) is 2.78. The molecule has 0 saturated carbocycles. The molecular weight excluding hydrogens is 220 g/mol. The topological polar surface area (TPSA) is 87.0 Å². The lowest BCUT2D eigenvalue weighted by molar-refractivity contribution is -0.384. The Labute approximate surface area is 97.8 Å². The first-order valence-corrected chi connectivity index (χ1v) is 5.21. The summed E-state index contributed by atoms with van der Waals surface area (Å²) in [7, 11) is 0. The second kappa shape index (κ2) is 4.25. The third-order valence-electron chi connectivity index (χ3n) is 2.46. The number of aromatic nitrogens is 2. The van der Waals surface area contributed by atoms with Crippen molar-refractivity contribution in [3.05, 3.63) is 46.1 Å². The highest BCUT2D eigenvalue weighted by Gasteiger charge is 2.17. The van der Waals surface area contributed by atoms with Gasteiger partial charge in [-0.05, 0) is 12.5 Å². The number of nitro groups is 1. The quantitative estimate of drug-likeness (QED) is 0.647. The zero-order valence-electron chi connectivity index (χ0n) is 9.33. The van der Waals surface area contributed by atoms with Crippen molar-refractivity contribution in [3.8, 4) is 5.69 Å². The van der Waals surface area contributed by atoms with Gasteiger partial charge in [0, 0.05) is 12.1 Å². The highest BCUT2D eigenvalue weighted by molar-refractivity contribution is 5.55. The summed E-state index contributed by atoms with van der Waals surface area (Å²) in [5.74, 6) is 0.399. The number of nitrogen functional groups attached to an aromatic ring is 1. The van der Waals surface area contributed by atoms with Gasteiger partial charge in [-0.3, -0.25) is 10.1 Å². The summed E-state index contributed by atoms with van der Waals surface area (Å²) in [5, 5.41) is 15.1. The van der Waals surface area contributed by atoms with E-state index in [1.54, 1.807) is 24.3 Å². The number of para-hydroxylation sites is 2. The van der Waals surface area contributed by atoms with E-state index in [-0.39, 0.29) is 5.69 Å². The molecule has 1 aromatic heterocycles. The highest BCUT2D eigenvalue weighted by atomic mass is 16.6. The number of hydrogen-bond donors (Lipinski definition) is 1. The lowest BCUT2D eigenvalue weighted by Gasteiger charge is -2.04. The van der Waals surface area contributed by atoms with Crippen molar-refractivity contribution in [3.63, 3.8) is 0 Å². The first kappa shape index (κ1) is 11.1. The van der Waals surface area contributed by atoms with Gasteiger partial charge in [0.15, 0.2) is 0 Å². The molecule has 0 aliphatic heterocycles. The number of hydrogen-bond acceptors (Lipinski definition) is 4. The van der Waals surface area contributed by atoms with E-state index in [0.717, 1.165) is 12.1 Å². The first-order chi connectivity index (χ1) is 8.13. The normalized spacial score (nSPS) is 10.4. The summed E-state index contributed by atoms with van der Waals surface area (Å²) in [6.45, 7) is 1.95. The monoisotopic (exact) mass is 232 g/mol. The minimum absolute atomic E-state index is 0.00930. The standard InChI is InChI=1S/C11H12N4O2/c1-2-8-7-11(12)14(13-8)9-5-3-4-6-10(9)15(16)17/h3-7H,2,12H2,1H3. The van der Waals surface area contributed by atoms with Gasteiger partial charge >= 0.3 is 0 Å². The zero-order chi connectivity index (χ0) is 12.4. The smallest absolute Gasteiger partial charge is 0.294 e. The first-order valence-electron chi connectivity index (χ1n) is 5.21. The molecule has 0 aliphatic rings. The van der Waals surface area contributed by atoms with Crippen molar-refractivity contribution in [1.82, 2.24) is 9.78 Å². The minimum Gasteiger partial charge on any atom is -0.384 e. The van der Waals surface area contributed by atoms with Gasteiger partial charge in [-0.25, -0.2) is 4.68 Å². The number of nitrogens with two attached hydrogens (primary N) is 1. The average molecular weight is 232 g/mol. The molecule has 0 unspecified atom stereocenters. The van der Waals surface area contributed by atoms with Gasteiger partial charge < -0.3 is 5.73 Å². The minimum atomic E-state index is -0.442. The summed E-state index contributed by atoms with van der Waals surface area (Å²) < 4.78 is 1.40. The summed E-state index contributed by atoms with van der Waals surface area (Å²) in [6, 6.07) is 8.11. The Bertz CT molecular complexity index is 562. The average Bonchev–Trinajstić information content (AvgIpc) is 2.70. The van der Waals surface area contributed by atoms with Crippen LogP contribution in [0, 0.1) is 10.1 Å². The molecule has 0 saturated heterocycles. The van der Waals surface area contributed by atoms with Crippen LogP contribution in [0.15, 0.2) is 30.3 Å². The molecule has 1 heterocycles. The molecule has 1 aromatic carbocycles. The van der Waals surface area contributed by atoms with Crippen molar-refractivity contribution in [2.24, 2.45) is 0 Å². The van der Waals surface area contributed by atoms with E-state index in [1.807, 2.05) is 6.92 Å². The van der Waals surface area contributed by atoms with Crippen LogP contribution in [0.2, 0.25) is 0 Å². The van der Waals surface area contributed by atoms with E-state index in [1.165, 1.54) is 10.7 Å². The number of benzene rings is 1. The van der Waals surface area contributed by atoms with Gasteiger partial charge in [0.1, 0.15) is 11.5 Å². The second-order valence-corrected chi connectivity index (χ2v) is 3.57. The van der Waals surface area contributed by atoms with E-state index in [0.29, 0.717) is 11.5 Å². The Morgan fingerprint density at radius 3 is 2.76 bits per heavy atom. The number of rotatable bonds is 3. The lowest BCUT2D eigenvalue weighted by Crippen LogP contribution is -2.05. The van der Waals surface area contributed by atoms with Gasteiger partial charge in [0.25, 0.3) is 5.69 Å². The number of aryl methyl sites for hydroxylation is 1. The van der Waals surface area contributed by atoms with E-state index >= 15 is 0 Å². The largest absolute Gasteiger partial charge is 0.384 e. The fourth-order valence-corrected chi connectivity index (χ4v) is 1.61. The molecule has 2 aromatic rings. The fourth-order valence-electron chi connectivity index (χ4n) is 1.61. The third kappa shape index (κ3) is 1.96. The van der Waals surface area contributed by atoms with Crippen LogP contribution in [0.25, 0.3) is 5.69 Å². The number of nitro benzene ring substituents is 1. The highest BCUT2D eigenvalue weighted by Crippen LogP contribution is 2.24. The van der Waals surface area contributed by atoms with Gasteiger partial charge in [0.05, 0.1) is 10.6 Å². The van der Waals surface area contributed by atoms with Crippen molar-refractivity contribution in [2.45, 2.75) is 13.3 Å². The molecule has 0 fully saturated rings. The van der Waals surface area contributed by atoms with Crippen LogP contribution in [0.3, 0.4) is 0 Å². The summed E-state index contributed by atoms with van der Waals surface area (Å²) >= 11 is 0. The van der Waals surface area contributed by atoms with Crippen LogP contribution in [0.5, 0.6) is 0 Å². The van der Waals surface area contributed by atoms with E-state index in [2.05, 4.69) is 5.10 Å². The Balaban J connectivity index is 2.59. The maximum Gasteiger partial charge on any atom is 0.294 e. The van der Waals surface area contributed by atoms with Crippen LogP contribution in [-0.4, -0.2) is 14.7 Å². The Morgan fingerprint density at radius 1 is 1.47 bits per heavy atom. The van der Waals surface area contributed by atoms with Crippen LogP contribution in [-0.2, 0) is 6.42 Å². The molecule has 0 aliphatic carbocycles. The van der Waals surface area contributed by atoms with E-state index in [9.17, 15) is 10.1 Å². The molecule has 0 spiro atoms. The van der Waals surface area contributed by atoms with E-state index < -0.39 is 4.92 Å². The SMILES string of the molecule is CCc1cc(N)n(-c2ccccc2[N+](=O)[O-])n1. The molecular formula is C11H12N4O2. The predicted octanol–water partition coefficient (Wildman–Crippen LogP) is 1.93. The predicted molar refractivity (Wildman–Crippen MR) is 64.0 cm³/mol. The Hall–Kier alpha value is -2.37. The molecule has 0 bridgehead atoms. The lowest BCUT2D eigenvalue weighted by atomic mass is 10.3. The molecule has 6 heteroatoms. The van der Waals surface area contributed by atoms with Crippen molar-refractivity contribution in [1.29, 1.82) is 0 Å². The van der Waals surface area contributed by atoms with Crippen molar-refractivity contribution >= 4 is 11.5 Å².